The Balaban J connectivity index is 2.13. The van der Waals surface area contributed by atoms with Gasteiger partial charge in [0.2, 0.25) is 0 Å². The van der Waals surface area contributed by atoms with Crippen LogP contribution in [-0.4, -0.2) is 25.1 Å². The molecule has 1 aliphatic rings. The molecule has 3 heteroatoms. The van der Waals surface area contributed by atoms with Gasteiger partial charge < -0.3 is 10.2 Å². The minimum absolute atomic E-state index is 0.831. The fourth-order valence-corrected chi connectivity index (χ4v) is 1.82. The van der Waals surface area contributed by atoms with Gasteiger partial charge in [0.1, 0.15) is 0 Å². The highest BCUT2D eigenvalue weighted by atomic mass is 15.1. The Morgan fingerprint density at radius 1 is 1.47 bits per heavy atom. The first-order valence-electron chi connectivity index (χ1n) is 5.39. The van der Waals surface area contributed by atoms with Crippen molar-refractivity contribution in [2.75, 3.05) is 25.0 Å². The SMILES string of the molecule is CNCc1cc(N2CC=CCC2)ccn1. The highest BCUT2D eigenvalue weighted by molar-refractivity contribution is 5.47. The Kier molecular flexibility index (Phi) is 3.35. The molecule has 2 heterocycles. The summed E-state index contributed by atoms with van der Waals surface area (Å²) in [6.45, 7) is 2.96. The topological polar surface area (TPSA) is 28.2 Å². The van der Waals surface area contributed by atoms with Crippen molar-refractivity contribution in [2.45, 2.75) is 13.0 Å². The number of pyridine rings is 1. The molecule has 0 amide bonds. The minimum atomic E-state index is 0.831. The van der Waals surface area contributed by atoms with Gasteiger partial charge in [0.05, 0.1) is 5.69 Å². The average Bonchev–Trinajstić information content (AvgIpc) is 2.31. The molecule has 0 fully saturated rings. The highest BCUT2D eigenvalue weighted by Crippen LogP contribution is 2.16. The van der Waals surface area contributed by atoms with Crippen LogP contribution in [0.2, 0.25) is 0 Å². The Morgan fingerprint density at radius 2 is 2.40 bits per heavy atom. The molecule has 1 aliphatic heterocycles. The number of nitrogens with one attached hydrogen (secondary N) is 1. The van der Waals surface area contributed by atoms with Gasteiger partial charge >= 0.3 is 0 Å². The van der Waals surface area contributed by atoms with Gasteiger partial charge in [-0.25, -0.2) is 0 Å². The average molecular weight is 203 g/mol. The molecule has 0 saturated heterocycles. The summed E-state index contributed by atoms with van der Waals surface area (Å²) in [6, 6.07) is 4.24. The van der Waals surface area contributed by atoms with E-state index in [1.54, 1.807) is 0 Å². The lowest BCUT2D eigenvalue weighted by atomic mass is 10.2. The molecule has 0 unspecified atom stereocenters. The zero-order chi connectivity index (χ0) is 10.5. The lowest BCUT2D eigenvalue weighted by Gasteiger charge is -2.25. The van der Waals surface area contributed by atoms with E-state index in [4.69, 9.17) is 0 Å². The van der Waals surface area contributed by atoms with Crippen LogP contribution in [0.25, 0.3) is 0 Å². The quantitative estimate of drug-likeness (QED) is 0.756. The van der Waals surface area contributed by atoms with Gasteiger partial charge in [-0.2, -0.15) is 0 Å². The lowest BCUT2D eigenvalue weighted by molar-refractivity contribution is 0.782. The summed E-state index contributed by atoms with van der Waals surface area (Å²) in [7, 11) is 1.94. The zero-order valence-electron chi connectivity index (χ0n) is 9.11. The van der Waals surface area contributed by atoms with Gasteiger partial charge in [0.15, 0.2) is 0 Å². The monoisotopic (exact) mass is 203 g/mol. The number of aromatic nitrogens is 1. The van der Waals surface area contributed by atoms with Crippen molar-refractivity contribution < 1.29 is 0 Å². The maximum atomic E-state index is 4.32. The summed E-state index contributed by atoms with van der Waals surface area (Å²) in [6.07, 6.45) is 7.50. The van der Waals surface area contributed by atoms with Crippen LogP contribution >= 0.6 is 0 Å². The molecule has 2 rings (SSSR count). The van der Waals surface area contributed by atoms with Crippen LogP contribution in [0.1, 0.15) is 12.1 Å². The van der Waals surface area contributed by atoms with E-state index in [2.05, 4.69) is 39.5 Å². The third-order valence-electron chi connectivity index (χ3n) is 2.58. The third-order valence-corrected chi connectivity index (χ3v) is 2.58. The first-order valence-corrected chi connectivity index (χ1v) is 5.39. The van der Waals surface area contributed by atoms with Gasteiger partial charge in [0.25, 0.3) is 0 Å². The lowest BCUT2D eigenvalue weighted by Crippen LogP contribution is -2.26. The van der Waals surface area contributed by atoms with Gasteiger partial charge in [-0.1, -0.05) is 12.2 Å². The molecule has 0 atom stereocenters. The summed E-state index contributed by atoms with van der Waals surface area (Å²) in [4.78, 5) is 6.69. The fourth-order valence-electron chi connectivity index (χ4n) is 1.82. The summed E-state index contributed by atoms with van der Waals surface area (Å²) < 4.78 is 0. The molecule has 80 valence electrons. The standard InChI is InChI=1S/C12H17N3/c1-13-10-11-9-12(5-6-14-11)15-7-3-2-4-8-15/h2-3,5-6,9,13H,4,7-8,10H2,1H3. The van der Waals surface area contributed by atoms with Crippen molar-refractivity contribution in [2.24, 2.45) is 0 Å². The van der Waals surface area contributed by atoms with Crippen LogP contribution in [-0.2, 0) is 6.54 Å². The Morgan fingerprint density at radius 3 is 3.13 bits per heavy atom. The number of rotatable bonds is 3. The van der Waals surface area contributed by atoms with Crippen molar-refractivity contribution in [3.63, 3.8) is 0 Å². The first kappa shape index (κ1) is 10.2. The smallest absolute Gasteiger partial charge is 0.0562 e. The van der Waals surface area contributed by atoms with Crippen molar-refractivity contribution in [3.05, 3.63) is 36.2 Å². The second-order valence-electron chi connectivity index (χ2n) is 3.74. The second-order valence-corrected chi connectivity index (χ2v) is 3.74. The van der Waals surface area contributed by atoms with E-state index < -0.39 is 0 Å². The predicted octanol–water partition coefficient (Wildman–Crippen LogP) is 1.57. The van der Waals surface area contributed by atoms with Crippen LogP contribution in [0.3, 0.4) is 0 Å². The number of hydrogen-bond acceptors (Lipinski definition) is 3. The molecule has 0 spiro atoms. The molecule has 15 heavy (non-hydrogen) atoms. The fraction of sp³-hybridized carbons (Fsp3) is 0.417. The Bertz CT molecular complexity index is 346. The van der Waals surface area contributed by atoms with E-state index in [0.29, 0.717) is 0 Å². The number of hydrogen-bond donors (Lipinski definition) is 1. The van der Waals surface area contributed by atoms with E-state index in [0.717, 1.165) is 31.7 Å². The van der Waals surface area contributed by atoms with Gasteiger partial charge in [-0.3, -0.25) is 4.98 Å². The van der Waals surface area contributed by atoms with Gasteiger partial charge in [0, 0.05) is 31.5 Å². The maximum Gasteiger partial charge on any atom is 0.0562 e. The molecule has 0 radical (unpaired) electrons. The molecule has 0 bridgehead atoms. The van der Waals surface area contributed by atoms with Crippen molar-refractivity contribution >= 4 is 5.69 Å². The minimum Gasteiger partial charge on any atom is -0.367 e. The summed E-state index contributed by atoms with van der Waals surface area (Å²) >= 11 is 0. The van der Waals surface area contributed by atoms with Crippen LogP contribution in [0.15, 0.2) is 30.5 Å². The van der Waals surface area contributed by atoms with E-state index in [9.17, 15) is 0 Å². The number of nitrogens with zero attached hydrogens (tertiary/aromatic N) is 2. The summed E-state index contributed by atoms with van der Waals surface area (Å²) in [5.74, 6) is 0. The van der Waals surface area contributed by atoms with Crippen LogP contribution in [0.5, 0.6) is 0 Å². The van der Waals surface area contributed by atoms with Crippen LogP contribution in [0.4, 0.5) is 5.69 Å². The molecular formula is C12H17N3. The van der Waals surface area contributed by atoms with Crippen molar-refractivity contribution in [1.82, 2.24) is 10.3 Å². The van der Waals surface area contributed by atoms with E-state index >= 15 is 0 Å². The first-order chi connectivity index (χ1) is 7.40. The molecule has 1 N–H and O–H groups in total. The van der Waals surface area contributed by atoms with Crippen molar-refractivity contribution in [3.8, 4) is 0 Å². The largest absolute Gasteiger partial charge is 0.367 e. The molecule has 0 aliphatic carbocycles. The van der Waals surface area contributed by atoms with Crippen LogP contribution < -0.4 is 10.2 Å². The summed E-state index contributed by atoms with van der Waals surface area (Å²) in [5, 5.41) is 3.12. The molecule has 3 nitrogen and oxygen atoms in total. The summed E-state index contributed by atoms with van der Waals surface area (Å²) in [5.41, 5.74) is 2.38. The van der Waals surface area contributed by atoms with Gasteiger partial charge in [-0.15, -0.1) is 0 Å². The Hall–Kier alpha value is -1.35. The molecule has 0 aromatic carbocycles. The third kappa shape index (κ3) is 2.57. The second kappa shape index (κ2) is 4.94. The maximum absolute atomic E-state index is 4.32. The molecule has 1 aromatic rings. The molecule has 0 saturated carbocycles. The Labute approximate surface area is 90.8 Å². The van der Waals surface area contributed by atoms with E-state index in [1.165, 1.54) is 5.69 Å². The van der Waals surface area contributed by atoms with Gasteiger partial charge in [-0.05, 0) is 25.6 Å². The van der Waals surface area contributed by atoms with E-state index in [1.807, 2.05) is 13.2 Å². The molecule has 1 aromatic heterocycles. The highest BCUT2D eigenvalue weighted by Gasteiger charge is 2.07. The number of anilines is 1. The van der Waals surface area contributed by atoms with Crippen molar-refractivity contribution in [1.29, 1.82) is 0 Å². The predicted molar refractivity (Wildman–Crippen MR) is 63.0 cm³/mol. The zero-order valence-corrected chi connectivity index (χ0v) is 9.11. The normalized spacial score (nSPS) is 15.7. The molecular weight excluding hydrogens is 186 g/mol. The van der Waals surface area contributed by atoms with E-state index in [-0.39, 0.29) is 0 Å². The van der Waals surface area contributed by atoms with Crippen LogP contribution in [0, 0.1) is 0 Å².